The lowest BCUT2D eigenvalue weighted by molar-refractivity contribution is -0.142. The molecule has 3 nitrogen and oxygen atoms in total. The number of rotatable bonds is 2. The predicted molar refractivity (Wildman–Crippen MR) is 97.0 cm³/mol. The molecule has 6 atom stereocenters. The third-order valence-corrected chi connectivity index (χ3v) is 9.14. The molecule has 0 heterocycles. The summed E-state index contributed by atoms with van der Waals surface area (Å²) in [5, 5.41) is 11.3. The lowest BCUT2D eigenvalue weighted by Crippen LogP contribution is -2.56. The first-order valence-corrected chi connectivity index (χ1v) is 10.2. The van der Waals surface area contributed by atoms with Gasteiger partial charge in [-0.1, -0.05) is 19.4 Å². The first-order valence-electron chi connectivity index (χ1n) is 10.2. The van der Waals surface area contributed by atoms with E-state index in [9.17, 15) is 14.7 Å². The molecule has 4 aliphatic carbocycles. The average Bonchev–Trinajstić information content (AvgIpc) is 2.90. The number of hydrogen-bond acceptors (Lipinski definition) is 3. The number of aliphatic hydroxyl groups is 1. The molecular formula is C22H32O3. The van der Waals surface area contributed by atoms with Gasteiger partial charge in [-0.05, 0) is 87.0 Å². The molecule has 0 aliphatic heterocycles. The van der Waals surface area contributed by atoms with Crippen LogP contribution in [0.1, 0.15) is 78.6 Å². The number of allylic oxidation sites excluding steroid dienone is 1. The molecule has 0 bridgehead atoms. The topological polar surface area (TPSA) is 54.4 Å². The summed E-state index contributed by atoms with van der Waals surface area (Å²) < 4.78 is 0. The van der Waals surface area contributed by atoms with E-state index in [0.717, 1.165) is 56.1 Å². The van der Waals surface area contributed by atoms with Crippen LogP contribution in [0, 0.1) is 28.6 Å². The largest absolute Gasteiger partial charge is 0.389 e. The Balaban J connectivity index is 1.75. The molecule has 0 amide bonds. The van der Waals surface area contributed by atoms with Crippen molar-refractivity contribution in [2.45, 2.75) is 84.2 Å². The number of hydrogen-bond donors (Lipinski definition) is 1. The van der Waals surface area contributed by atoms with E-state index in [-0.39, 0.29) is 11.2 Å². The highest BCUT2D eigenvalue weighted by Crippen LogP contribution is 2.68. The lowest BCUT2D eigenvalue weighted by atomic mass is 9.45. The summed E-state index contributed by atoms with van der Waals surface area (Å²) in [6.07, 6.45) is 9.28. The summed E-state index contributed by atoms with van der Waals surface area (Å²) in [6, 6.07) is 0. The van der Waals surface area contributed by atoms with Gasteiger partial charge in [-0.15, -0.1) is 0 Å². The first-order chi connectivity index (χ1) is 11.8. The highest BCUT2D eigenvalue weighted by Gasteiger charge is 2.64. The van der Waals surface area contributed by atoms with E-state index in [4.69, 9.17) is 0 Å². The summed E-state index contributed by atoms with van der Waals surface area (Å²) in [4.78, 5) is 24.6. The molecule has 25 heavy (non-hydrogen) atoms. The number of aldehydes is 1. The molecule has 3 saturated carbocycles. The molecule has 0 unspecified atom stereocenters. The van der Waals surface area contributed by atoms with Crippen LogP contribution in [0.25, 0.3) is 0 Å². The number of carbonyl (C=O) groups excluding carboxylic acids is 2. The Kier molecular flexibility index (Phi) is 3.85. The number of fused-ring (bicyclic) bond motifs is 5. The van der Waals surface area contributed by atoms with Crippen LogP contribution in [0.5, 0.6) is 0 Å². The summed E-state index contributed by atoms with van der Waals surface area (Å²) in [5.41, 5.74) is 1.10. The van der Waals surface area contributed by atoms with Crippen molar-refractivity contribution in [3.05, 3.63) is 11.1 Å². The maximum Gasteiger partial charge on any atom is 0.158 e. The van der Waals surface area contributed by atoms with Crippen LogP contribution in [0.2, 0.25) is 0 Å². The Morgan fingerprint density at radius 3 is 2.52 bits per heavy atom. The normalized spacial score (nSPS) is 49.4. The Bertz CT molecular complexity index is 650. The molecule has 3 fully saturated rings. The van der Waals surface area contributed by atoms with Crippen LogP contribution < -0.4 is 0 Å². The minimum atomic E-state index is -0.536. The van der Waals surface area contributed by atoms with Gasteiger partial charge in [0.25, 0.3) is 0 Å². The number of carbonyl (C=O) groups is 2. The highest BCUT2D eigenvalue weighted by molar-refractivity contribution is 5.98. The van der Waals surface area contributed by atoms with Crippen LogP contribution >= 0.6 is 0 Å². The zero-order valence-corrected chi connectivity index (χ0v) is 15.9. The van der Waals surface area contributed by atoms with Gasteiger partial charge in [0.05, 0.1) is 11.0 Å². The van der Waals surface area contributed by atoms with E-state index in [0.29, 0.717) is 30.6 Å². The van der Waals surface area contributed by atoms with Crippen LogP contribution in [0.15, 0.2) is 11.1 Å². The Morgan fingerprint density at radius 2 is 1.84 bits per heavy atom. The molecule has 0 aromatic rings. The quantitative estimate of drug-likeness (QED) is 0.763. The van der Waals surface area contributed by atoms with Crippen molar-refractivity contribution in [3.8, 4) is 0 Å². The van der Waals surface area contributed by atoms with Gasteiger partial charge in [-0.2, -0.15) is 0 Å². The van der Waals surface area contributed by atoms with Crippen molar-refractivity contribution in [3.63, 3.8) is 0 Å². The first kappa shape index (κ1) is 17.5. The second-order valence-corrected chi connectivity index (χ2v) is 9.48. The third-order valence-electron chi connectivity index (χ3n) is 9.14. The van der Waals surface area contributed by atoms with E-state index in [1.54, 1.807) is 0 Å². The van der Waals surface area contributed by atoms with Crippen molar-refractivity contribution in [2.24, 2.45) is 28.6 Å². The standard InChI is InChI=1S/C22H32O3/c1-4-22(25)12-8-17-15-5-6-16-14(2)19(24)9-11-21(16,13-23)18(15)7-10-20(17,22)3/h13,15,17-18,25H,4-12H2,1-3H3/t15-,17-,18-,20-,21+,22-/m0/s1. The van der Waals surface area contributed by atoms with Crippen LogP contribution in [0.4, 0.5) is 0 Å². The fourth-order valence-corrected chi connectivity index (χ4v) is 7.55. The molecule has 0 radical (unpaired) electrons. The predicted octanol–water partition coefficient (Wildman–Crippen LogP) is 4.23. The maximum atomic E-state index is 12.4. The molecular weight excluding hydrogens is 312 g/mol. The molecule has 138 valence electrons. The van der Waals surface area contributed by atoms with Gasteiger partial charge in [-0.25, -0.2) is 0 Å². The zero-order chi connectivity index (χ0) is 18.0. The Morgan fingerprint density at radius 1 is 1.12 bits per heavy atom. The molecule has 3 heteroatoms. The summed E-state index contributed by atoms with van der Waals surface area (Å²) in [6.45, 7) is 6.36. The van der Waals surface area contributed by atoms with Crippen LogP contribution in [-0.4, -0.2) is 22.8 Å². The summed E-state index contributed by atoms with van der Waals surface area (Å²) >= 11 is 0. The van der Waals surface area contributed by atoms with Gasteiger partial charge in [0, 0.05) is 6.42 Å². The van der Waals surface area contributed by atoms with E-state index >= 15 is 0 Å². The van der Waals surface area contributed by atoms with E-state index in [1.807, 2.05) is 6.92 Å². The summed E-state index contributed by atoms with van der Waals surface area (Å²) in [5.74, 6) is 1.66. The van der Waals surface area contributed by atoms with Crippen LogP contribution in [-0.2, 0) is 9.59 Å². The maximum absolute atomic E-state index is 12.4. The molecule has 0 aromatic carbocycles. The fraction of sp³-hybridized carbons (Fsp3) is 0.818. The Labute approximate surface area is 151 Å². The van der Waals surface area contributed by atoms with Crippen molar-refractivity contribution < 1.29 is 14.7 Å². The minimum Gasteiger partial charge on any atom is -0.389 e. The SMILES string of the molecule is CC[C@]1(O)CC[C@H]2[C@@H]3CCC4=C(C)C(=O)CC[C@]4(C=O)[C@H]3CC[C@@]21C. The monoisotopic (exact) mass is 344 g/mol. The average molecular weight is 344 g/mol. The van der Waals surface area contributed by atoms with Gasteiger partial charge >= 0.3 is 0 Å². The lowest BCUT2D eigenvalue weighted by Gasteiger charge is -2.58. The highest BCUT2D eigenvalue weighted by atomic mass is 16.3. The smallest absolute Gasteiger partial charge is 0.158 e. The van der Waals surface area contributed by atoms with Gasteiger partial charge in [0.2, 0.25) is 0 Å². The fourth-order valence-electron chi connectivity index (χ4n) is 7.55. The van der Waals surface area contributed by atoms with Gasteiger partial charge in [0.1, 0.15) is 6.29 Å². The molecule has 1 N–H and O–H groups in total. The zero-order valence-electron chi connectivity index (χ0n) is 15.9. The van der Waals surface area contributed by atoms with E-state index < -0.39 is 11.0 Å². The van der Waals surface area contributed by atoms with Gasteiger partial charge < -0.3 is 9.90 Å². The van der Waals surface area contributed by atoms with Crippen LogP contribution in [0.3, 0.4) is 0 Å². The van der Waals surface area contributed by atoms with Gasteiger partial charge in [0.15, 0.2) is 5.78 Å². The van der Waals surface area contributed by atoms with E-state index in [1.165, 1.54) is 6.29 Å². The molecule has 0 saturated heterocycles. The second-order valence-electron chi connectivity index (χ2n) is 9.48. The summed E-state index contributed by atoms with van der Waals surface area (Å²) in [7, 11) is 0. The second kappa shape index (κ2) is 5.52. The molecule has 4 aliphatic rings. The number of Topliss-reactive ketones (excluding diaryl/α,β-unsaturated/α-hetero) is 1. The third kappa shape index (κ3) is 2.02. The van der Waals surface area contributed by atoms with Crippen molar-refractivity contribution in [1.82, 2.24) is 0 Å². The minimum absolute atomic E-state index is 0.00621. The van der Waals surface area contributed by atoms with E-state index in [2.05, 4.69) is 13.8 Å². The van der Waals surface area contributed by atoms with Crippen molar-refractivity contribution in [2.75, 3.05) is 0 Å². The van der Waals surface area contributed by atoms with Crippen molar-refractivity contribution >= 4 is 12.1 Å². The molecule has 0 aromatic heterocycles. The van der Waals surface area contributed by atoms with Gasteiger partial charge in [-0.3, -0.25) is 4.79 Å². The molecule has 4 rings (SSSR count). The van der Waals surface area contributed by atoms with Crippen molar-refractivity contribution in [1.29, 1.82) is 0 Å². The Hall–Kier alpha value is -0.960. The molecule has 0 spiro atoms. The number of ketones is 1.